The predicted molar refractivity (Wildman–Crippen MR) is 154 cm³/mol. The fraction of sp³-hybridized carbons (Fsp3) is 0.393. The van der Waals surface area contributed by atoms with Gasteiger partial charge in [0.1, 0.15) is 22.8 Å². The van der Waals surface area contributed by atoms with Crippen LogP contribution in [0.15, 0.2) is 41.6 Å². The van der Waals surface area contributed by atoms with E-state index in [1.54, 1.807) is 21.6 Å². The Bertz CT molecular complexity index is 1760. The van der Waals surface area contributed by atoms with Crippen LogP contribution in [0.25, 0.3) is 33.3 Å². The van der Waals surface area contributed by atoms with Gasteiger partial charge in [0, 0.05) is 36.3 Å². The lowest BCUT2D eigenvalue weighted by molar-refractivity contribution is 0.214. The fourth-order valence-corrected chi connectivity index (χ4v) is 5.90. The van der Waals surface area contributed by atoms with Crippen molar-refractivity contribution in [3.05, 3.63) is 63.4 Å². The number of nitrogens with zero attached hydrogens (tertiary/aromatic N) is 8. The summed E-state index contributed by atoms with van der Waals surface area (Å²) in [4.78, 5) is 25.0. The minimum Gasteiger partial charge on any atom is -0.377 e. The summed E-state index contributed by atoms with van der Waals surface area (Å²) < 4.78 is 5.46. The number of pyridine rings is 2. The molecule has 1 unspecified atom stereocenters. The topological polar surface area (TPSA) is 98.7 Å². The molecule has 1 atom stereocenters. The second kappa shape index (κ2) is 9.77. The van der Waals surface area contributed by atoms with E-state index in [1.165, 1.54) is 0 Å². The van der Waals surface area contributed by atoms with E-state index in [0.29, 0.717) is 22.1 Å². The molecule has 0 saturated carbocycles. The van der Waals surface area contributed by atoms with Crippen LogP contribution < -0.4 is 10.9 Å². The Morgan fingerprint density at radius 2 is 1.87 bits per heavy atom. The van der Waals surface area contributed by atoms with Crippen molar-refractivity contribution < 1.29 is 0 Å². The van der Waals surface area contributed by atoms with Gasteiger partial charge in [-0.3, -0.25) is 14.0 Å². The predicted octanol–water partition coefficient (Wildman–Crippen LogP) is 4.48. The van der Waals surface area contributed by atoms with Gasteiger partial charge >= 0.3 is 0 Å². The number of halogens is 1. The number of anilines is 1. The summed E-state index contributed by atoms with van der Waals surface area (Å²) in [6.07, 6.45) is 5.57. The van der Waals surface area contributed by atoms with Crippen LogP contribution in [0.3, 0.4) is 0 Å². The van der Waals surface area contributed by atoms with E-state index in [4.69, 9.17) is 16.7 Å². The summed E-state index contributed by atoms with van der Waals surface area (Å²) in [5, 5.41) is 15.8. The molecule has 1 aliphatic heterocycles. The zero-order valence-corrected chi connectivity index (χ0v) is 23.6. The van der Waals surface area contributed by atoms with E-state index < -0.39 is 0 Å². The monoisotopic (exact) mass is 545 g/mol. The minimum absolute atomic E-state index is 0.0177. The molecule has 6 rings (SSSR count). The Hall–Kier alpha value is -3.76. The van der Waals surface area contributed by atoms with Crippen LogP contribution in [-0.4, -0.2) is 59.1 Å². The maximum Gasteiger partial charge on any atom is 0.259 e. The summed E-state index contributed by atoms with van der Waals surface area (Å²) >= 11 is 6.25. The molecule has 1 aliphatic rings. The third-order valence-corrected chi connectivity index (χ3v) is 7.96. The molecule has 202 valence electrons. The molecule has 1 N–H and O–H groups in total. The second-order valence-electron chi connectivity index (χ2n) is 10.6. The van der Waals surface area contributed by atoms with Crippen LogP contribution in [0, 0.1) is 6.92 Å². The Kier molecular flexibility index (Phi) is 6.39. The molecule has 0 aliphatic carbocycles. The number of aryl methyl sites for hydroxylation is 3. The average Bonchev–Trinajstić information content (AvgIpc) is 3.55. The number of nitrogens with one attached hydrogen (secondary N) is 1. The van der Waals surface area contributed by atoms with Crippen molar-refractivity contribution >= 4 is 39.1 Å². The Balaban J connectivity index is 1.49. The van der Waals surface area contributed by atoms with Crippen LogP contribution in [-0.2, 0) is 14.1 Å². The highest BCUT2D eigenvalue weighted by Crippen LogP contribution is 2.35. The van der Waals surface area contributed by atoms with Gasteiger partial charge < -0.3 is 10.2 Å². The molecule has 1 saturated heterocycles. The van der Waals surface area contributed by atoms with Crippen molar-refractivity contribution in [2.45, 2.75) is 38.8 Å². The van der Waals surface area contributed by atoms with Gasteiger partial charge in [-0.15, -0.1) is 5.10 Å². The summed E-state index contributed by atoms with van der Waals surface area (Å²) in [7, 11) is 5.81. The SMILES string of the molecule is Cc1cc(C(C)Nc2ccc(Cl)nc2-c2ncn(C)n2)c2c(c1)c(=O)n(C)c1c2cnn1C1CCN(C)CC1. The Labute approximate surface area is 231 Å². The van der Waals surface area contributed by atoms with Gasteiger partial charge in [0.15, 0.2) is 0 Å². The van der Waals surface area contributed by atoms with Gasteiger partial charge in [0.2, 0.25) is 5.82 Å². The second-order valence-corrected chi connectivity index (χ2v) is 11.0. The number of fused-ring (bicyclic) bond motifs is 3. The van der Waals surface area contributed by atoms with Gasteiger partial charge in [-0.25, -0.2) is 14.6 Å². The van der Waals surface area contributed by atoms with Crippen molar-refractivity contribution in [1.82, 2.24) is 39.0 Å². The smallest absolute Gasteiger partial charge is 0.259 e. The summed E-state index contributed by atoms with van der Waals surface area (Å²) in [5.74, 6) is 0.486. The Morgan fingerprint density at radius 1 is 1.10 bits per heavy atom. The largest absolute Gasteiger partial charge is 0.377 e. The molecule has 4 aromatic heterocycles. The molecular formula is C28H32ClN9O. The zero-order chi connectivity index (χ0) is 27.4. The molecule has 1 aromatic carbocycles. The highest BCUT2D eigenvalue weighted by molar-refractivity contribution is 6.29. The molecule has 10 nitrogen and oxygen atoms in total. The van der Waals surface area contributed by atoms with E-state index in [1.807, 2.05) is 39.3 Å². The van der Waals surface area contributed by atoms with E-state index in [0.717, 1.165) is 59.2 Å². The third kappa shape index (κ3) is 4.47. The number of hydrogen-bond donors (Lipinski definition) is 1. The molecule has 11 heteroatoms. The first-order chi connectivity index (χ1) is 18.7. The third-order valence-electron chi connectivity index (χ3n) is 7.75. The maximum absolute atomic E-state index is 13.7. The molecule has 0 bridgehead atoms. The van der Waals surface area contributed by atoms with Crippen LogP contribution in [0.2, 0.25) is 5.15 Å². The first-order valence-corrected chi connectivity index (χ1v) is 13.6. The molecule has 5 heterocycles. The van der Waals surface area contributed by atoms with Gasteiger partial charge in [-0.1, -0.05) is 17.7 Å². The zero-order valence-electron chi connectivity index (χ0n) is 22.8. The van der Waals surface area contributed by atoms with Crippen molar-refractivity contribution in [3.8, 4) is 11.5 Å². The molecule has 39 heavy (non-hydrogen) atoms. The van der Waals surface area contributed by atoms with E-state index in [2.05, 4.69) is 50.0 Å². The Morgan fingerprint density at radius 3 is 2.59 bits per heavy atom. The number of aromatic nitrogens is 7. The van der Waals surface area contributed by atoms with Gasteiger partial charge in [0.25, 0.3) is 5.56 Å². The lowest BCUT2D eigenvalue weighted by atomic mass is 9.95. The fourth-order valence-electron chi connectivity index (χ4n) is 5.76. The van der Waals surface area contributed by atoms with Crippen molar-refractivity contribution in [3.63, 3.8) is 0 Å². The number of benzene rings is 1. The lowest BCUT2D eigenvalue weighted by Crippen LogP contribution is -2.32. The highest BCUT2D eigenvalue weighted by atomic mass is 35.5. The van der Waals surface area contributed by atoms with Crippen LogP contribution >= 0.6 is 11.6 Å². The number of likely N-dealkylation sites (tertiary alicyclic amines) is 1. The molecule has 5 aromatic rings. The highest BCUT2D eigenvalue weighted by Gasteiger charge is 2.25. The summed E-state index contributed by atoms with van der Waals surface area (Å²) in [5.41, 5.74) is 4.22. The first kappa shape index (κ1) is 25.5. The van der Waals surface area contributed by atoms with Gasteiger partial charge in [-0.05, 0) is 76.2 Å². The minimum atomic E-state index is -0.167. The number of hydrogen-bond acceptors (Lipinski definition) is 7. The van der Waals surface area contributed by atoms with Crippen LogP contribution in [0.4, 0.5) is 5.69 Å². The van der Waals surface area contributed by atoms with Gasteiger partial charge in [0.05, 0.1) is 17.9 Å². The first-order valence-electron chi connectivity index (χ1n) is 13.2. The quantitative estimate of drug-likeness (QED) is 0.325. The van der Waals surface area contributed by atoms with E-state index in [-0.39, 0.29) is 17.6 Å². The van der Waals surface area contributed by atoms with Crippen LogP contribution in [0.5, 0.6) is 0 Å². The molecule has 0 amide bonds. The summed E-state index contributed by atoms with van der Waals surface area (Å²) in [6, 6.07) is 7.86. The number of rotatable bonds is 5. The van der Waals surface area contributed by atoms with E-state index >= 15 is 0 Å². The lowest BCUT2D eigenvalue weighted by Gasteiger charge is -2.29. The molecule has 0 radical (unpaired) electrons. The molecular weight excluding hydrogens is 514 g/mol. The van der Waals surface area contributed by atoms with Gasteiger partial charge in [-0.2, -0.15) is 5.10 Å². The van der Waals surface area contributed by atoms with Crippen molar-refractivity contribution in [2.75, 3.05) is 25.5 Å². The van der Waals surface area contributed by atoms with Crippen LogP contribution in [0.1, 0.15) is 43.0 Å². The van der Waals surface area contributed by atoms with E-state index in [9.17, 15) is 4.79 Å². The van der Waals surface area contributed by atoms with Crippen molar-refractivity contribution in [1.29, 1.82) is 0 Å². The summed E-state index contributed by atoms with van der Waals surface area (Å²) in [6.45, 7) is 6.14. The van der Waals surface area contributed by atoms with Crippen molar-refractivity contribution in [2.24, 2.45) is 14.1 Å². The maximum atomic E-state index is 13.7. The average molecular weight is 546 g/mol. The number of piperidine rings is 1. The standard InChI is InChI=1S/C28H32ClN9O/c1-16-12-19(17(2)32-22-6-7-23(29)33-25(22)26-30-15-36(4)34-26)24-20(13-16)28(39)37(5)27-21(24)14-31-38(27)18-8-10-35(3)11-9-18/h6-7,12-15,17-18,32H,8-11H2,1-5H3. The molecule has 0 spiro atoms. The molecule has 1 fully saturated rings. The normalized spacial score (nSPS) is 15.8.